The second-order valence-electron chi connectivity index (χ2n) is 5.62. The van der Waals surface area contributed by atoms with Gasteiger partial charge in [-0.1, -0.05) is 18.2 Å². The van der Waals surface area contributed by atoms with Crippen LogP contribution in [0.4, 0.5) is 5.69 Å². The zero-order chi connectivity index (χ0) is 19.7. The van der Waals surface area contributed by atoms with Gasteiger partial charge in [0.05, 0.1) is 10.4 Å². The van der Waals surface area contributed by atoms with E-state index in [9.17, 15) is 21.6 Å². The van der Waals surface area contributed by atoms with E-state index in [-0.39, 0.29) is 15.5 Å². The summed E-state index contributed by atoms with van der Waals surface area (Å²) in [6, 6.07) is 13.3. The highest BCUT2D eigenvalue weighted by Gasteiger charge is 2.19. The summed E-state index contributed by atoms with van der Waals surface area (Å²) in [5, 5.41) is 0.678. The Kier molecular flexibility index (Phi) is 4.85. The number of sulfonamides is 2. The number of benzene rings is 2. The number of amides is 1. The number of aromatic nitrogens is 1. The van der Waals surface area contributed by atoms with Crippen molar-refractivity contribution in [3.05, 3.63) is 60.8 Å². The van der Waals surface area contributed by atoms with E-state index in [0.717, 1.165) is 6.92 Å². The normalized spacial score (nSPS) is 11.9. The third-order valence-corrected chi connectivity index (χ3v) is 6.44. The van der Waals surface area contributed by atoms with E-state index in [0.29, 0.717) is 10.9 Å². The van der Waals surface area contributed by atoms with Crippen LogP contribution >= 0.6 is 0 Å². The molecule has 0 unspecified atom stereocenters. The largest absolute Gasteiger partial charge is 0.280 e. The fourth-order valence-electron chi connectivity index (χ4n) is 2.45. The van der Waals surface area contributed by atoms with Gasteiger partial charge in [0.15, 0.2) is 0 Å². The quantitative estimate of drug-likeness (QED) is 0.668. The molecule has 1 amide bonds. The lowest BCUT2D eigenvalue weighted by Gasteiger charge is -2.11. The van der Waals surface area contributed by atoms with Gasteiger partial charge in [0.25, 0.3) is 20.0 Å². The van der Waals surface area contributed by atoms with Gasteiger partial charge in [0, 0.05) is 24.2 Å². The Hall–Kier alpha value is -2.98. The van der Waals surface area contributed by atoms with Crippen LogP contribution in [0.15, 0.2) is 70.6 Å². The van der Waals surface area contributed by atoms with Crippen LogP contribution in [0.5, 0.6) is 0 Å². The lowest BCUT2D eigenvalue weighted by molar-refractivity contribution is -0.117. The minimum atomic E-state index is -3.99. The predicted molar refractivity (Wildman–Crippen MR) is 100.0 cm³/mol. The first-order chi connectivity index (χ1) is 12.7. The fraction of sp³-hybridized carbons (Fsp3) is 0.0588. The number of hydrogen-bond acceptors (Lipinski definition) is 6. The highest BCUT2D eigenvalue weighted by molar-refractivity contribution is 7.93. The number of carbonyl (C=O) groups excluding carboxylic acids is 1. The molecular formula is C17H15N3O5S2. The van der Waals surface area contributed by atoms with Crippen molar-refractivity contribution in [2.45, 2.75) is 16.7 Å². The van der Waals surface area contributed by atoms with Crippen molar-refractivity contribution in [1.82, 2.24) is 9.71 Å². The first-order valence-electron chi connectivity index (χ1n) is 7.69. The third kappa shape index (κ3) is 4.07. The standard InChI is InChI=1S/C17H15N3O5S2/c1-12(21)19-26(22,23)15-9-7-14(8-10-15)20-27(24,25)16-6-2-4-13-5-3-11-18-17(13)16/h2-11,20H,1H3,(H,19,21). The molecule has 1 heterocycles. The van der Waals surface area contributed by atoms with Crippen LogP contribution in [-0.2, 0) is 24.8 Å². The molecule has 3 aromatic rings. The molecule has 0 aliphatic heterocycles. The molecule has 140 valence electrons. The molecule has 2 aromatic carbocycles. The summed E-state index contributed by atoms with van der Waals surface area (Å²) in [4.78, 5) is 14.9. The molecule has 0 aliphatic carbocycles. The minimum Gasteiger partial charge on any atom is -0.280 e. The van der Waals surface area contributed by atoms with Crippen LogP contribution < -0.4 is 9.44 Å². The van der Waals surface area contributed by atoms with Crippen molar-refractivity contribution in [3.63, 3.8) is 0 Å². The number of hydrogen-bond donors (Lipinski definition) is 2. The number of nitrogens with zero attached hydrogens (tertiary/aromatic N) is 1. The van der Waals surface area contributed by atoms with Gasteiger partial charge in [0.1, 0.15) is 4.90 Å². The van der Waals surface area contributed by atoms with Gasteiger partial charge in [0.2, 0.25) is 5.91 Å². The first-order valence-corrected chi connectivity index (χ1v) is 10.7. The summed E-state index contributed by atoms with van der Waals surface area (Å²) in [5.41, 5.74) is 0.502. The van der Waals surface area contributed by atoms with Crippen LogP contribution in [0.1, 0.15) is 6.92 Å². The number of pyridine rings is 1. The SMILES string of the molecule is CC(=O)NS(=O)(=O)c1ccc(NS(=O)(=O)c2cccc3cccnc23)cc1. The van der Waals surface area contributed by atoms with Crippen LogP contribution in [0.2, 0.25) is 0 Å². The predicted octanol–water partition coefficient (Wildman–Crippen LogP) is 1.86. The van der Waals surface area contributed by atoms with Gasteiger partial charge >= 0.3 is 0 Å². The summed E-state index contributed by atoms with van der Waals surface area (Å²) in [6.07, 6.45) is 1.50. The maximum absolute atomic E-state index is 12.7. The van der Waals surface area contributed by atoms with E-state index in [1.807, 2.05) is 4.72 Å². The van der Waals surface area contributed by atoms with Crippen LogP contribution in [-0.4, -0.2) is 27.7 Å². The van der Waals surface area contributed by atoms with Crippen molar-refractivity contribution in [2.24, 2.45) is 0 Å². The third-order valence-electron chi connectivity index (χ3n) is 3.58. The Bertz CT molecular complexity index is 1220. The van der Waals surface area contributed by atoms with Crippen LogP contribution in [0.3, 0.4) is 0 Å². The molecule has 2 N–H and O–H groups in total. The van der Waals surface area contributed by atoms with Crippen molar-refractivity contribution < 1.29 is 21.6 Å². The van der Waals surface area contributed by atoms with Gasteiger partial charge in [-0.3, -0.25) is 14.5 Å². The number of para-hydroxylation sites is 1. The Morgan fingerprint density at radius 3 is 2.22 bits per heavy atom. The smallest absolute Gasteiger partial charge is 0.264 e. The molecule has 10 heteroatoms. The number of carbonyl (C=O) groups is 1. The average Bonchev–Trinajstić information content (AvgIpc) is 2.60. The summed E-state index contributed by atoms with van der Waals surface area (Å²) in [7, 11) is -7.93. The molecule has 1 aromatic heterocycles. The highest BCUT2D eigenvalue weighted by atomic mass is 32.2. The van der Waals surface area contributed by atoms with E-state index in [1.54, 1.807) is 24.3 Å². The highest BCUT2D eigenvalue weighted by Crippen LogP contribution is 2.23. The Balaban J connectivity index is 1.91. The van der Waals surface area contributed by atoms with E-state index >= 15 is 0 Å². The average molecular weight is 405 g/mol. The van der Waals surface area contributed by atoms with Crippen LogP contribution in [0, 0.1) is 0 Å². The maximum Gasteiger partial charge on any atom is 0.264 e. The number of anilines is 1. The molecule has 0 spiro atoms. The first kappa shape index (κ1) is 18.8. The van der Waals surface area contributed by atoms with Gasteiger partial charge in [-0.05, 0) is 36.4 Å². The van der Waals surface area contributed by atoms with E-state index < -0.39 is 26.0 Å². The Labute approximate surface area is 156 Å². The second-order valence-corrected chi connectivity index (χ2v) is 8.96. The second kappa shape index (κ2) is 6.97. The molecule has 3 rings (SSSR count). The number of fused-ring (bicyclic) bond motifs is 1. The molecule has 0 fully saturated rings. The summed E-state index contributed by atoms with van der Waals surface area (Å²) in [5.74, 6) is -0.719. The molecule has 0 bridgehead atoms. The number of nitrogens with one attached hydrogen (secondary N) is 2. The molecule has 0 saturated heterocycles. The van der Waals surface area contributed by atoms with Gasteiger partial charge < -0.3 is 0 Å². The van der Waals surface area contributed by atoms with Crippen molar-refractivity contribution >= 4 is 42.5 Å². The summed E-state index contributed by atoms with van der Waals surface area (Å²) < 4.78 is 53.5. The van der Waals surface area contributed by atoms with Crippen LogP contribution in [0.25, 0.3) is 10.9 Å². The molecule has 0 atom stereocenters. The fourth-order valence-corrected chi connectivity index (χ4v) is 4.68. The zero-order valence-electron chi connectivity index (χ0n) is 14.1. The van der Waals surface area contributed by atoms with E-state index in [2.05, 4.69) is 9.71 Å². The Morgan fingerprint density at radius 2 is 1.56 bits per heavy atom. The lowest BCUT2D eigenvalue weighted by atomic mass is 10.2. The number of rotatable bonds is 5. The zero-order valence-corrected chi connectivity index (χ0v) is 15.7. The topological polar surface area (TPSA) is 122 Å². The van der Waals surface area contributed by atoms with E-state index in [4.69, 9.17) is 0 Å². The lowest BCUT2D eigenvalue weighted by Crippen LogP contribution is -2.28. The molecule has 27 heavy (non-hydrogen) atoms. The van der Waals surface area contributed by atoms with Crippen molar-refractivity contribution in [3.8, 4) is 0 Å². The Morgan fingerprint density at radius 1 is 0.889 bits per heavy atom. The van der Waals surface area contributed by atoms with Crippen molar-refractivity contribution in [1.29, 1.82) is 0 Å². The van der Waals surface area contributed by atoms with Gasteiger partial charge in [-0.2, -0.15) is 0 Å². The van der Waals surface area contributed by atoms with Gasteiger partial charge in [-0.15, -0.1) is 0 Å². The van der Waals surface area contributed by atoms with Gasteiger partial charge in [-0.25, -0.2) is 21.6 Å². The minimum absolute atomic E-state index is 0.00976. The molecule has 0 saturated carbocycles. The molecule has 0 radical (unpaired) electrons. The van der Waals surface area contributed by atoms with Crippen molar-refractivity contribution in [2.75, 3.05) is 4.72 Å². The summed E-state index contributed by atoms with van der Waals surface area (Å²) in [6.45, 7) is 1.08. The summed E-state index contributed by atoms with van der Waals surface area (Å²) >= 11 is 0. The molecule has 8 nitrogen and oxygen atoms in total. The molecule has 0 aliphatic rings. The monoisotopic (exact) mass is 405 g/mol. The van der Waals surface area contributed by atoms with E-state index in [1.165, 1.54) is 36.5 Å². The maximum atomic E-state index is 12.7. The molecular weight excluding hydrogens is 390 g/mol.